The first-order valence-electron chi connectivity index (χ1n) is 5.19. The summed E-state index contributed by atoms with van der Waals surface area (Å²) in [6.45, 7) is 1.66. The number of hydrogen-bond donors (Lipinski definition) is 1. The Balaban J connectivity index is 1.92. The lowest BCUT2D eigenvalue weighted by Gasteiger charge is -2.16. The Hall–Kier alpha value is -0.450. The van der Waals surface area contributed by atoms with E-state index in [1.165, 1.54) is 0 Å². The third kappa shape index (κ3) is 3.00. The van der Waals surface area contributed by atoms with Crippen molar-refractivity contribution in [3.63, 3.8) is 0 Å². The van der Waals surface area contributed by atoms with Crippen LogP contribution in [0.15, 0.2) is 22.8 Å². The molecule has 0 aromatic carbocycles. The van der Waals surface area contributed by atoms with Crippen molar-refractivity contribution < 1.29 is 4.74 Å². The second-order valence-corrected chi connectivity index (χ2v) is 4.88. The summed E-state index contributed by atoms with van der Waals surface area (Å²) in [5.41, 5.74) is 7.17. The van der Waals surface area contributed by atoms with Gasteiger partial charge in [0, 0.05) is 35.4 Å². The highest BCUT2D eigenvalue weighted by Crippen LogP contribution is 2.18. The molecule has 1 fully saturated rings. The van der Waals surface area contributed by atoms with Gasteiger partial charge in [0.05, 0.1) is 6.61 Å². The largest absolute Gasteiger partial charge is 0.381 e. The van der Waals surface area contributed by atoms with Gasteiger partial charge < -0.3 is 10.5 Å². The highest BCUT2D eigenvalue weighted by atomic mass is 79.9. The van der Waals surface area contributed by atoms with Crippen LogP contribution < -0.4 is 5.73 Å². The van der Waals surface area contributed by atoms with Gasteiger partial charge in [-0.05, 0) is 40.4 Å². The van der Waals surface area contributed by atoms with Crippen molar-refractivity contribution in [2.24, 2.45) is 11.7 Å². The van der Waals surface area contributed by atoms with Gasteiger partial charge in [0.2, 0.25) is 0 Å². The number of hydrogen-bond acceptors (Lipinski definition) is 3. The van der Waals surface area contributed by atoms with E-state index in [4.69, 9.17) is 10.5 Å². The third-order valence-corrected chi connectivity index (χ3v) is 3.27. The zero-order valence-electron chi connectivity index (χ0n) is 8.53. The molecule has 0 spiro atoms. The number of halogens is 1. The van der Waals surface area contributed by atoms with Gasteiger partial charge in [-0.3, -0.25) is 4.98 Å². The molecule has 1 aromatic rings. The van der Waals surface area contributed by atoms with Gasteiger partial charge in [-0.2, -0.15) is 0 Å². The molecule has 2 rings (SSSR count). The van der Waals surface area contributed by atoms with Crippen molar-refractivity contribution in [3.8, 4) is 0 Å². The van der Waals surface area contributed by atoms with Crippen molar-refractivity contribution >= 4 is 15.9 Å². The van der Waals surface area contributed by atoms with Crippen molar-refractivity contribution in [2.75, 3.05) is 13.2 Å². The zero-order valence-corrected chi connectivity index (χ0v) is 10.1. The second-order valence-electron chi connectivity index (χ2n) is 3.96. The maximum Gasteiger partial charge on any atom is 0.0510 e. The summed E-state index contributed by atoms with van der Waals surface area (Å²) in [6.07, 6.45) is 3.73. The average molecular weight is 271 g/mol. The molecule has 82 valence electrons. The first kappa shape index (κ1) is 11.0. The van der Waals surface area contributed by atoms with Crippen LogP contribution in [-0.2, 0) is 11.2 Å². The van der Waals surface area contributed by atoms with Crippen molar-refractivity contribution in [1.82, 2.24) is 4.98 Å². The molecular weight excluding hydrogens is 256 g/mol. The van der Waals surface area contributed by atoms with E-state index in [-0.39, 0.29) is 6.04 Å². The SMILES string of the molecule is NC(Cc1ccc(Br)cn1)C1CCOC1. The molecule has 15 heavy (non-hydrogen) atoms. The van der Waals surface area contributed by atoms with Crippen LogP contribution in [-0.4, -0.2) is 24.2 Å². The molecule has 1 aliphatic rings. The number of aromatic nitrogens is 1. The van der Waals surface area contributed by atoms with Crippen LogP contribution in [0, 0.1) is 5.92 Å². The van der Waals surface area contributed by atoms with Crippen molar-refractivity contribution in [2.45, 2.75) is 18.9 Å². The Morgan fingerprint density at radius 1 is 1.60 bits per heavy atom. The van der Waals surface area contributed by atoms with Crippen LogP contribution in [0.25, 0.3) is 0 Å². The van der Waals surface area contributed by atoms with Gasteiger partial charge in [0.15, 0.2) is 0 Å². The summed E-state index contributed by atoms with van der Waals surface area (Å²) in [6, 6.07) is 4.18. The molecule has 4 heteroatoms. The van der Waals surface area contributed by atoms with Crippen LogP contribution in [0.1, 0.15) is 12.1 Å². The van der Waals surface area contributed by atoms with E-state index in [0.717, 1.165) is 36.2 Å². The monoisotopic (exact) mass is 270 g/mol. The van der Waals surface area contributed by atoms with E-state index in [1.807, 2.05) is 18.3 Å². The summed E-state index contributed by atoms with van der Waals surface area (Å²) < 4.78 is 6.33. The van der Waals surface area contributed by atoms with Crippen LogP contribution in [0.5, 0.6) is 0 Å². The molecule has 2 N–H and O–H groups in total. The molecule has 0 radical (unpaired) electrons. The van der Waals surface area contributed by atoms with Crippen LogP contribution in [0.2, 0.25) is 0 Å². The van der Waals surface area contributed by atoms with E-state index < -0.39 is 0 Å². The fraction of sp³-hybridized carbons (Fsp3) is 0.545. The van der Waals surface area contributed by atoms with Gasteiger partial charge in [-0.25, -0.2) is 0 Å². The summed E-state index contributed by atoms with van der Waals surface area (Å²) in [5, 5.41) is 0. The normalized spacial score (nSPS) is 22.9. The van der Waals surface area contributed by atoms with Gasteiger partial charge in [-0.15, -0.1) is 0 Å². The lowest BCUT2D eigenvalue weighted by molar-refractivity contribution is 0.180. The van der Waals surface area contributed by atoms with E-state index in [1.54, 1.807) is 0 Å². The highest BCUT2D eigenvalue weighted by molar-refractivity contribution is 9.10. The molecule has 1 aromatic heterocycles. The third-order valence-electron chi connectivity index (χ3n) is 2.80. The first-order valence-corrected chi connectivity index (χ1v) is 5.99. The number of ether oxygens (including phenoxy) is 1. The maximum atomic E-state index is 6.12. The van der Waals surface area contributed by atoms with Crippen LogP contribution in [0.3, 0.4) is 0 Å². The van der Waals surface area contributed by atoms with Crippen LogP contribution >= 0.6 is 15.9 Å². The first-order chi connectivity index (χ1) is 7.25. The number of pyridine rings is 1. The zero-order chi connectivity index (χ0) is 10.7. The minimum absolute atomic E-state index is 0.168. The number of nitrogens with zero attached hydrogens (tertiary/aromatic N) is 1. The lowest BCUT2D eigenvalue weighted by Crippen LogP contribution is -2.32. The molecule has 0 aliphatic carbocycles. The summed E-state index contributed by atoms with van der Waals surface area (Å²) in [7, 11) is 0. The minimum Gasteiger partial charge on any atom is -0.381 e. The molecule has 1 saturated heterocycles. The van der Waals surface area contributed by atoms with E-state index in [9.17, 15) is 0 Å². The highest BCUT2D eigenvalue weighted by Gasteiger charge is 2.22. The number of nitrogens with two attached hydrogens (primary N) is 1. The Morgan fingerprint density at radius 3 is 3.07 bits per heavy atom. The topological polar surface area (TPSA) is 48.1 Å². The van der Waals surface area contributed by atoms with Crippen LogP contribution in [0.4, 0.5) is 0 Å². The summed E-state index contributed by atoms with van der Waals surface area (Å²) in [4.78, 5) is 4.32. The molecule has 2 heterocycles. The molecule has 2 atom stereocenters. The quantitative estimate of drug-likeness (QED) is 0.911. The fourth-order valence-corrected chi connectivity index (χ4v) is 2.06. The predicted molar refractivity (Wildman–Crippen MR) is 62.5 cm³/mol. The number of rotatable bonds is 3. The van der Waals surface area contributed by atoms with Gasteiger partial charge in [0.25, 0.3) is 0 Å². The lowest BCUT2D eigenvalue weighted by atomic mass is 9.96. The van der Waals surface area contributed by atoms with E-state index in [0.29, 0.717) is 5.92 Å². The molecule has 0 saturated carbocycles. The molecule has 3 nitrogen and oxygen atoms in total. The average Bonchev–Trinajstić information content (AvgIpc) is 2.74. The Kier molecular flexibility index (Phi) is 3.72. The Labute approximate surface area is 98.2 Å². The molecular formula is C11H15BrN2O. The predicted octanol–water partition coefficient (Wildman–Crippen LogP) is 1.75. The second kappa shape index (κ2) is 5.05. The standard InChI is InChI=1S/C11H15BrN2O/c12-9-1-2-10(14-6-9)5-11(13)8-3-4-15-7-8/h1-2,6,8,11H,3-5,7,13H2. The van der Waals surface area contributed by atoms with Crippen molar-refractivity contribution in [1.29, 1.82) is 0 Å². The molecule has 1 aliphatic heterocycles. The van der Waals surface area contributed by atoms with E-state index in [2.05, 4.69) is 20.9 Å². The molecule has 2 unspecified atom stereocenters. The molecule has 0 bridgehead atoms. The van der Waals surface area contributed by atoms with Gasteiger partial charge in [-0.1, -0.05) is 0 Å². The Bertz CT molecular complexity index is 309. The maximum absolute atomic E-state index is 6.12. The Morgan fingerprint density at radius 2 is 2.47 bits per heavy atom. The van der Waals surface area contributed by atoms with Gasteiger partial charge >= 0.3 is 0 Å². The smallest absolute Gasteiger partial charge is 0.0510 e. The van der Waals surface area contributed by atoms with Gasteiger partial charge in [0.1, 0.15) is 0 Å². The van der Waals surface area contributed by atoms with Crippen molar-refractivity contribution in [3.05, 3.63) is 28.5 Å². The molecule has 0 amide bonds. The minimum atomic E-state index is 0.168. The fourth-order valence-electron chi connectivity index (χ4n) is 1.83. The summed E-state index contributed by atoms with van der Waals surface area (Å²) >= 11 is 3.36. The van der Waals surface area contributed by atoms with E-state index >= 15 is 0 Å². The summed E-state index contributed by atoms with van der Waals surface area (Å²) in [5.74, 6) is 0.496.